The van der Waals surface area contributed by atoms with Crippen molar-refractivity contribution >= 4 is 21.9 Å². The third-order valence-corrected chi connectivity index (χ3v) is 2.60. The van der Waals surface area contributed by atoms with Crippen LogP contribution in [0.25, 0.3) is 0 Å². The molecule has 0 saturated carbocycles. The zero-order valence-corrected chi connectivity index (χ0v) is 10.0. The molecule has 0 aliphatic heterocycles. The van der Waals surface area contributed by atoms with Crippen LogP contribution in [0.4, 0.5) is 8.78 Å². The molecule has 0 aliphatic rings. The third kappa shape index (κ3) is 2.56. The highest BCUT2D eigenvalue weighted by molar-refractivity contribution is 9.10. The van der Waals surface area contributed by atoms with Crippen LogP contribution in [-0.4, -0.2) is 19.1 Å². The summed E-state index contributed by atoms with van der Waals surface area (Å²) in [5, 5.41) is 0. The Labute approximate surface area is 99.7 Å². The largest absolute Gasteiger partial charge is 0.468 e. The van der Waals surface area contributed by atoms with Gasteiger partial charge in [-0.05, 0) is 12.1 Å². The Kier molecular flexibility index (Phi) is 3.98. The average Bonchev–Trinajstić information content (AvgIpc) is 2.27. The van der Waals surface area contributed by atoms with E-state index >= 15 is 0 Å². The number of hydrogen-bond acceptors (Lipinski definition) is 3. The summed E-state index contributed by atoms with van der Waals surface area (Å²) in [6, 6.07) is 3.30. The molecule has 0 aliphatic carbocycles. The van der Waals surface area contributed by atoms with Gasteiger partial charge in [-0.2, -0.15) is 8.78 Å². The van der Waals surface area contributed by atoms with Gasteiger partial charge >= 0.3 is 5.97 Å². The fourth-order valence-electron chi connectivity index (χ4n) is 1.13. The van der Waals surface area contributed by atoms with Crippen molar-refractivity contribution in [3.05, 3.63) is 34.3 Å². The van der Waals surface area contributed by atoms with E-state index in [2.05, 4.69) is 20.7 Å². The summed E-state index contributed by atoms with van der Waals surface area (Å²) in [7, 11) is 1.01. The van der Waals surface area contributed by atoms with Crippen molar-refractivity contribution in [3.8, 4) is 0 Å². The predicted octanol–water partition coefficient (Wildman–Crippen LogP) is 2.04. The van der Waals surface area contributed by atoms with Gasteiger partial charge in [-0.3, -0.25) is 4.79 Å². The molecule has 6 heteroatoms. The van der Waals surface area contributed by atoms with Crippen molar-refractivity contribution in [1.29, 1.82) is 0 Å². The van der Waals surface area contributed by atoms with Crippen molar-refractivity contribution < 1.29 is 18.3 Å². The minimum atomic E-state index is -3.45. The lowest BCUT2D eigenvalue weighted by Gasteiger charge is -2.21. The number of halogens is 3. The van der Waals surface area contributed by atoms with Crippen molar-refractivity contribution in [3.63, 3.8) is 0 Å². The Morgan fingerprint density at radius 1 is 1.44 bits per heavy atom. The summed E-state index contributed by atoms with van der Waals surface area (Å²) in [6.07, 6.45) is 0. The Morgan fingerprint density at radius 2 is 1.94 bits per heavy atom. The average molecular weight is 294 g/mol. The van der Waals surface area contributed by atoms with E-state index in [1.165, 1.54) is 24.3 Å². The van der Waals surface area contributed by atoms with Gasteiger partial charge in [0.15, 0.2) is 6.04 Å². The molecule has 1 unspecified atom stereocenters. The number of ether oxygens (including phenoxy) is 1. The van der Waals surface area contributed by atoms with Gasteiger partial charge in [0.25, 0.3) is 5.92 Å². The molecule has 1 rings (SSSR count). The van der Waals surface area contributed by atoms with Crippen LogP contribution in [0, 0.1) is 0 Å². The van der Waals surface area contributed by atoms with Crippen molar-refractivity contribution in [2.45, 2.75) is 12.0 Å². The zero-order valence-electron chi connectivity index (χ0n) is 8.41. The summed E-state index contributed by atoms with van der Waals surface area (Å²) in [6.45, 7) is 0. The first kappa shape index (κ1) is 13.1. The Morgan fingerprint density at radius 3 is 2.38 bits per heavy atom. The summed E-state index contributed by atoms with van der Waals surface area (Å²) < 4.78 is 32.2. The normalized spacial score (nSPS) is 13.3. The molecule has 0 heterocycles. The third-order valence-electron chi connectivity index (χ3n) is 2.07. The van der Waals surface area contributed by atoms with Crippen LogP contribution >= 0.6 is 15.9 Å². The molecule has 0 amide bonds. The first-order chi connectivity index (χ1) is 7.39. The highest BCUT2D eigenvalue weighted by atomic mass is 79.9. The van der Waals surface area contributed by atoms with Crippen molar-refractivity contribution in [2.75, 3.05) is 7.11 Å². The summed E-state index contributed by atoms with van der Waals surface area (Å²) in [5.74, 6) is -4.60. The number of rotatable bonds is 3. The number of alkyl halides is 2. The molecular formula is C10H10BrF2NO2. The number of nitrogens with two attached hydrogens (primary N) is 1. The maximum Gasteiger partial charge on any atom is 0.329 e. The number of benzene rings is 1. The second kappa shape index (κ2) is 4.88. The first-order valence-corrected chi connectivity index (χ1v) is 5.16. The molecule has 16 heavy (non-hydrogen) atoms. The Hall–Kier alpha value is -1.01. The van der Waals surface area contributed by atoms with Gasteiger partial charge < -0.3 is 10.5 Å². The summed E-state index contributed by atoms with van der Waals surface area (Å²) in [4.78, 5) is 11.0. The highest BCUT2D eigenvalue weighted by Gasteiger charge is 2.44. The minimum absolute atomic E-state index is 0.325. The predicted molar refractivity (Wildman–Crippen MR) is 58.0 cm³/mol. The van der Waals surface area contributed by atoms with Gasteiger partial charge in [-0.15, -0.1) is 0 Å². The van der Waals surface area contributed by atoms with Crippen LogP contribution in [0.15, 0.2) is 28.7 Å². The van der Waals surface area contributed by atoms with Crippen LogP contribution in [0.1, 0.15) is 5.56 Å². The quantitative estimate of drug-likeness (QED) is 0.868. The maximum atomic E-state index is 13.7. The molecule has 3 nitrogen and oxygen atoms in total. The molecule has 0 saturated heterocycles. The summed E-state index contributed by atoms with van der Waals surface area (Å²) in [5.41, 5.74) is 4.81. The van der Waals surface area contributed by atoms with E-state index in [0.29, 0.717) is 4.47 Å². The zero-order chi connectivity index (χ0) is 12.3. The van der Waals surface area contributed by atoms with Gasteiger partial charge in [0.05, 0.1) is 7.11 Å². The molecule has 0 aromatic heterocycles. The van der Waals surface area contributed by atoms with Crippen LogP contribution in [0.2, 0.25) is 0 Å². The summed E-state index contributed by atoms with van der Waals surface area (Å²) >= 11 is 3.12. The van der Waals surface area contributed by atoms with Crippen LogP contribution < -0.4 is 5.73 Å². The molecule has 1 aromatic carbocycles. The van der Waals surface area contributed by atoms with Gasteiger partial charge in [-0.25, -0.2) is 0 Å². The van der Waals surface area contributed by atoms with Gasteiger partial charge in [0.1, 0.15) is 0 Å². The molecule has 88 valence electrons. The molecule has 2 N–H and O–H groups in total. The standard InChI is InChI=1S/C10H10BrF2NO2/c1-16-9(15)8(14)10(12,13)6-2-4-7(11)5-3-6/h2-5,8H,14H2,1H3. The van der Waals surface area contributed by atoms with E-state index in [-0.39, 0.29) is 5.56 Å². The van der Waals surface area contributed by atoms with Gasteiger partial charge in [0.2, 0.25) is 0 Å². The smallest absolute Gasteiger partial charge is 0.329 e. The van der Waals surface area contributed by atoms with Crippen LogP contribution in [0.3, 0.4) is 0 Å². The lowest BCUT2D eigenvalue weighted by atomic mass is 10.0. The second-order valence-electron chi connectivity index (χ2n) is 3.13. The second-order valence-corrected chi connectivity index (χ2v) is 4.05. The Balaban J connectivity index is 3.01. The van der Waals surface area contributed by atoms with Crippen molar-refractivity contribution in [1.82, 2.24) is 0 Å². The Bertz CT molecular complexity index is 381. The molecule has 0 radical (unpaired) electrons. The van der Waals surface area contributed by atoms with E-state index in [0.717, 1.165) is 7.11 Å². The monoisotopic (exact) mass is 293 g/mol. The highest BCUT2D eigenvalue weighted by Crippen LogP contribution is 2.31. The minimum Gasteiger partial charge on any atom is -0.468 e. The first-order valence-electron chi connectivity index (χ1n) is 4.37. The van der Waals surface area contributed by atoms with Gasteiger partial charge in [-0.1, -0.05) is 28.1 Å². The van der Waals surface area contributed by atoms with E-state index in [1.807, 2.05) is 0 Å². The molecule has 0 bridgehead atoms. The SMILES string of the molecule is COC(=O)C(N)C(F)(F)c1ccc(Br)cc1. The lowest BCUT2D eigenvalue weighted by Crippen LogP contribution is -2.45. The van der Waals surface area contributed by atoms with Crippen LogP contribution in [0.5, 0.6) is 0 Å². The fourth-order valence-corrected chi connectivity index (χ4v) is 1.39. The number of methoxy groups -OCH3 is 1. The van der Waals surface area contributed by atoms with E-state index in [4.69, 9.17) is 5.73 Å². The maximum absolute atomic E-state index is 13.7. The molecule has 1 atom stereocenters. The number of carbonyl (C=O) groups is 1. The van der Waals surface area contributed by atoms with Crippen LogP contribution in [-0.2, 0) is 15.5 Å². The molecule has 0 spiro atoms. The van der Waals surface area contributed by atoms with Gasteiger partial charge in [0, 0.05) is 10.0 Å². The topological polar surface area (TPSA) is 52.3 Å². The number of hydrogen-bond donors (Lipinski definition) is 1. The number of esters is 1. The van der Waals surface area contributed by atoms with E-state index in [1.54, 1.807) is 0 Å². The van der Waals surface area contributed by atoms with E-state index < -0.39 is 17.9 Å². The van der Waals surface area contributed by atoms with E-state index in [9.17, 15) is 13.6 Å². The molecule has 0 fully saturated rings. The number of carbonyl (C=O) groups excluding carboxylic acids is 1. The van der Waals surface area contributed by atoms with Crippen molar-refractivity contribution in [2.24, 2.45) is 5.73 Å². The fraction of sp³-hybridized carbons (Fsp3) is 0.300. The lowest BCUT2D eigenvalue weighted by molar-refractivity contribution is -0.153. The molecule has 1 aromatic rings. The molecular weight excluding hydrogens is 284 g/mol.